The van der Waals surface area contributed by atoms with E-state index in [1.54, 1.807) is 0 Å². The summed E-state index contributed by atoms with van der Waals surface area (Å²) in [6.45, 7) is 3.43. The van der Waals surface area contributed by atoms with Crippen molar-refractivity contribution < 1.29 is 4.74 Å². The number of alkyl halides is 1. The molecular formula is C11H13Cl2NO. The molecule has 1 aliphatic heterocycles. The van der Waals surface area contributed by atoms with E-state index in [-0.39, 0.29) is 0 Å². The second kappa shape index (κ2) is 5.06. The molecule has 1 aromatic carbocycles. The Bertz CT molecular complexity index is 337. The van der Waals surface area contributed by atoms with Gasteiger partial charge in [-0.2, -0.15) is 0 Å². The summed E-state index contributed by atoms with van der Waals surface area (Å²) >= 11 is 11.9. The number of hydrogen-bond donors (Lipinski definition) is 0. The van der Waals surface area contributed by atoms with Gasteiger partial charge in [-0.3, -0.25) is 0 Å². The molecule has 0 amide bonds. The summed E-state index contributed by atoms with van der Waals surface area (Å²) in [7, 11) is 0. The SMILES string of the molecule is ClCc1ccc(N2CCOCC2)cc1Cl. The van der Waals surface area contributed by atoms with Crippen molar-refractivity contribution in [3.63, 3.8) is 0 Å². The quantitative estimate of drug-likeness (QED) is 0.744. The summed E-state index contributed by atoms with van der Waals surface area (Å²) in [5.41, 5.74) is 2.13. The van der Waals surface area contributed by atoms with E-state index in [0.29, 0.717) is 5.88 Å². The molecule has 0 spiro atoms. The van der Waals surface area contributed by atoms with Crippen molar-refractivity contribution in [3.05, 3.63) is 28.8 Å². The van der Waals surface area contributed by atoms with Gasteiger partial charge in [0.05, 0.1) is 13.2 Å². The molecule has 1 fully saturated rings. The van der Waals surface area contributed by atoms with E-state index in [4.69, 9.17) is 27.9 Å². The Morgan fingerprint density at radius 3 is 2.60 bits per heavy atom. The second-order valence-corrected chi connectivity index (χ2v) is 4.18. The molecule has 0 unspecified atom stereocenters. The minimum atomic E-state index is 0.461. The molecule has 1 aliphatic rings. The molecule has 82 valence electrons. The maximum absolute atomic E-state index is 6.11. The van der Waals surface area contributed by atoms with Gasteiger partial charge in [-0.15, -0.1) is 11.6 Å². The predicted octanol–water partition coefficient (Wildman–Crippen LogP) is 2.92. The van der Waals surface area contributed by atoms with Gasteiger partial charge in [0.1, 0.15) is 0 Å². The number of halogens is 2. The third-order valence-electron chi connectivity index (χ3n) is 2.56. The Hall–Kier alpha value is -0.440. The fourth-order valence-electron chi connectivity index (χ4n) is 1.66. The van der Waals surface area contributed by atoms with Gasteiger partial charge in [0.25, 0.3) is 0 Å². The average molecular weight is 246 g/mol. The monoisotopic (exact) mass is 245 g/mol. The van der Waals surface area contributed by atoms with E-state index >= 15 is 0 Å². The Labute approximate surface area is 99.7 Å². The molecular weight excluding hydrogens is 233 g/mol. The first-order chi connectivity index (χ1) is 7.31. The van der Waals surface area contributed by atoms with Crippen LogP contribution in [0.4, 0.5) is 5.69 Å². The van der Waals surface area contributed by atoms with Gasteiger partial charge in [0.15, 0.2) is 0 Å². The van der Waals surface area contributed by atoms with E-state index in [1.807, 2.05) is 12.1 Å². The summed E-state index contributed by atoms with van der Waals surface area (Å²) in [5.74, 6) is 0.461. The molecule has 15 heavy (non-hydrogen) atoms. The maximum atomic E-state index is 6.11. The van der Waals surface area contributed by atoms with Crippen LogP contribution in [0.2, 0.25) is 5.02 Å². The van der Waals surface area contributed by atoms with Crippen LogP contribution in [0.5, 0.6) is 0 Å². The van der Waals surface area contributed by atoms with Crippen LogP contribution in [0, 0.1) is 0 Å². The highest BCUT2D eigenvalue weighted by atomic mass is 35.5. The topological polar surface area (TPSA) is 12.5 Å². The highest BCUT2D eigenvalue weighted by molar-refractivity contribution is 6.32. The van der Waals surface area contributed by atoms with E-state index in [2.05, 4.69) is 11.0 Å². The fraction of sp³-hybridized carbons (Fsp3) is 0.455. The van der Waals surface area contributed by atoms with E-state index in [0.717, 1.165) is 42.6 Å². The molecule has 0 saturated carbocycles. The molecule has 1 aromatic rings. The summed E-state index contributed by atoms with van der Waals surface area (Å²) in [5, 5.41) is 0.744. The Morgan fingerprint density at radius 1 is 1.27 bits per heavy atom. The molecule has 4 heteroatoms. The third kappa shape index (κ3) is 2.57. The van der Waals surface area contributed by atoms with Crippen molar-refractivity contribution in [2.75, 3.05) is 31.2 Å². The van der Waals surface area contributed by atoms with Gasteiger partial charge in [-0.05, 0) is 17.7 Å². The van der Waals surface area contributed by atoms with E-state index in [9.17, 15) is 0 Å². The third-order valence-corrected chi connectivity index (χ3v) is 3.20. The van der Waals surface area contributed by atoms with Gasteiger partial charge >= 0.3 is 0 Å². The Kier molecular flexibility index (Phi) is 3.73. The first-order valence-electron chi connectivity index (χ1n) is 4.98. The molecule has 0 bridgehead atoms. The molecule has 0 aliphatic carbocycles. The van der Waals surface area contributed by atoms with Crippen LogP contribution in [0.1, 0.15) is 5.56 Å². The zero-order valence-corrected chi connectivity index (χ0v) is 9.89. The fourth-order valence-corrected chi connectivity index (χ4v) is 2.21. The van der Waals surface area contributed by atoms with Crippen LogP contribution in [-0.2, 0) is 10.6 Å². The van der Waals surface area contributed by atoms with Crippen LogP contribution in [0.3, 0.4) is 0 Å². The standard InChI is InChI=1S/C11H13Cl2NO/c12-8-9-1-2-10(7-11(9)13)14-3-5-15-6-4-14/h1-2,7H,3-6,8H2. The molecule has 0 aromatic heterocycles. The van der Waals surface area contributed by atoms with Crippen molar-refractivity contribution in [3.8, 4) is 0 Å². The van der Waals surface area contributed by atoms with Crippen LogP contribution in [-0.4, -0.2) is 26.3 Å². The smallest absolute Gasteiger partial charge is 0.0642 e. The summed E-state index contributed by atoms with van der Waals surface area (Å²) in [4.78, 5) is 2.27. The van der Waals surface area contributed by atoms with Crippen molar-refractivity contribution in [1.82, 2.24) is 0 Å². The first-order valence-corrected chi connectivity index (χ1v) is 5.89. The summed E-state index contributed by atoms with van der Waals surface area (Å²) in [6, 6.07) is 6.03. The number of hydrogen-bond acceptors (Lipinski definition) is 2. The first kappa shape index (κ1) is 11.1. The number of morpholine rings is 1. The van der Waals surface area contributed by atoms with Crippen molar-refractivity contribution >= 4 is 28.9 Å². The molecule has 1 heterocycles. The zero-order valence-electron chi connectivity index (χ0n) is 8.38. The van der Waals surface area contributed by atoms with Crippen molar-refractivity contribution in [1.29, 1.82) is 0 Å². The molecule has 0 N–H and O–H groups in total. The van der Waals surface area contributed by atoms with Crippen LogP contribution < -0.4 is 4.90 Å². The Morgan fingerprint density at radius 2 is 2.00 bits per heavy atom. The van der Waals surface area contributed by atoms with Gasteiger partial charge in [0, 0.05) is 29.7 Å². The minimum Gasteiger partial charge on any atom is -0.378 e. The summed E-state index contributed by atoms with van der Waals surface area (Å²) in [6.07, 6.45) is 0. The van der Waals surface area contributed by atoms with E-state index in [1.165, 1.54) is 0 Å². The minimum absolute atomic E-state index is 0.461. The van der Waals surface area contributed by atoms with E-state index < -0.39 is 0 Å². The largest absolute Gasteiger partial charge is 0.378 e. The number of ether oxygens (including phenoxy) is 1. The zero-order chi connectivity index (χ0) is 10.7. The second-order valence-electron chi connectivity index (χ2n) is 3.51. The van der Waals surface area contributed by atoms with Crippen molar-refractivity contribution in [2.45, 2.75) is 5.88 Å². The lowest BCUT2D eigenvalue weighted by Gasteiger charge is -2.29. The number of anilines is 1. The molecule has 2 rings (SSSR count). The summed E-state index contributed by atoms with van der Waals surface area (Å²) < 4.78 is 5.30. The lowest BCUT2D eigenvalue weighted by Crippen LogP contribution is -2.36. The van der Waals surface area contributed by atoms with Crippen molar-refractivity contribution in [2.24, 2.45) is 0 Å². The van der Waals surface area contributed by atoms with Gasteiger partial charge < -0.3 is 9.64 Å². The van der Waals surface area contributed by atoms with Gasteiger partial charge in [-0.25, -0.2) is 0 Å². The number of nitrogens with zero attached hydrogens (tertiary/aromatic N) is 1. The maximum Gasteiger partial charge on any atom is 0.0642 e. The predicted molar refractivity (Wildman–Crippen MR) is 64.0 cm³/mol. The van der Waals surface area contributed by atoms with Gasteiger partial charge in [-0.1, -0.05) is 17.7 Å². The highest BCUT2D eigenvalue weighted by Gasteiger charge is 2.12. The normalized spacial score (nSPS) is 16.8. The van der Waals surface area contributed by atoms with Crippen LogP contribution in [0.15, 0.2) is 18.2 Å². The molecule has 2 nitrogen and oxygen atoms in total. The number of benzene rings is 1. The molecule has 0 radical (unpaired) electrons. The molecule has 0 atom stereocenters. The van der Waals surface area contributed by atoms with Crippen LogP contribution >= 0.6 is 23.2 Å². The lowest BCUT2D eigenvalue weighted by molar-refractivity contribution is 0.122. The Balaban J connectivity index is 2.17. The highest BCUT2D eigenvalue weighted by Crippen LogP contribution is 2.25. The van der Waals surface area contributed by atoms with Crippen LogP contribution in [0.25, 0.3) is 0 Å². The number of rotatable bonds is 2. The average Bonchev–Trinajstić information content (AvgIpc) is 2.30. The molecule has 1 saturated heterocycles. The van der Waals surface area contributed by atoms with Gasteiger partial charge in [0.2, 0.25) is 0 Å². The lowest BCUT2D eigenvalue weighted by atomic mass is 10.2.